The maximum Gasteiger partial charge on any atom is 0.341 e. The number of hydrogen-bond acceptors (Lipinski definition) is 7. The molecule has 1 amide bonds. The van der Waals surface area contributed by atoms with Crippen LogP contribution in [0.1, 0.15) is 49.9 Å². The average Bonchev–Trinajstić information content (AvgIpc) is 3.32. The van der Waals surface area contributed by atoms with Crippen molar-refractivity contribution in [2.45, 2.75) is 27.5 Å². The monoisotopic (exact) mass is 461 g/mol. The summed E-state index contributed by atoms with van der Waals surface area (Å²) in [4.78, 5) is 37.3. The number of ketones is 1. The number of amides is 1. The summed E-state index contributed by atoms with van der Waals surface area (Å²) in [7, 11) is 0. The van der Waals surface area contributed by atoms with E-state index in [1.165, 1.54) is 17.7 Å². The van der Waals surface area contributed by atoms with Crippen molar-refractivity contribution in [3.05, 3.63) is 63.2 Å². The van der Waals surface area contributed by atoms with Gasteiger partial charge in [0, 0.05) is 11.2 Å². The summed E-state index contributed by atoms with van der Waals surface area (Å²) in [5.41, 5.74) is 0.786. The number of esters is 1. The van der Waals surface area contributed by atoms with E-state index in [1.54, 1.807) is 44.3 Å². The number of nitrogens with zero attached hydrogens (tertiary/aromatic N) is 2. The first-order valence-corrected chi connectivity index (χ1v) is 10.5. The van der Waals surface area contributed by atoms with E-state index in [2.05, 4.69) is 10.4 Å². The molecule has 162 valence electrons. The number of ether oxygens (including phenoxy) is 2. The number of hydrogen-bond donors (Lipinski definition) is 1. The number of anilines is 1. The van der Waals surface area contributed by atoms with Crippen LogP contribution >= 0.6 is 22.9 Å². The van der Waals surface area contributed by atoms with E-state index < -0.39 is 11.9 Å². The Labute approximate surface area is 187 Å². The lowest BCUT2D eigenvalue weighted by Gasteiger charge is -2.07. The molecule has 0 atom stereocenters. The maximum absolute atomic E-state index is 12.7. The lowest BCUT2D eigenvalue weighted by Crippen LogP contribution is -2.16. The van der Waals surface area contributed by atoms with Crippen molar-refractivity contribution >= 4 is 45.6 Å². The van der Waals surface area contributed by atoms with E-state index in [1.807, 2.05) is 0 Å². The van der Waals surface area contributed by atoms with Crippen LogP contribution < -0.4 is 10.1 Å². The van der Waals surface area contributed by atoms with Gasteiger partial charge in [-0.25, -0.2) is 9.48 Å². The first kappa shape index (κ1) is 22.5. The lowest BCUT2D eigenvalue weighted by molar-refractivity contribution is 0.0527. The average molecular weight is 462 g/mol. The van der Waals surface area contributed by atoms with Gasteiger partial charge in [0.15, 0.2) is 18.2 Å². The zero-order chi connectivity index (χ0) is 22.5. The lowest BCUT2D eigenvalue weighted by atomic mass is 10.1. The van der Waals surface area contributed by atoms with Gasteiger partial charge in [0.2, 0.25) is 0 Å². The third kappa shape index (κ3) is 5.31. The molecule has 0 radical (unpaired) electrons. The van der Waals surface area contributed by atoms with Crippen LogP contribution in [0.25, 0.3) is 0 Å². The molecule has 0 bridgehead atoms. The first-order valence-electron chi connectivity index (χ1n) is 9.34. The summed E-state index contributed by atoms with van der Waals surface area (Å²) in [5.74, 6) is -0.707. The van der Waals surface area contributed by atoms with E-state index in [0.29, 0.717) is 21.2 Å². The highest BCUT2D eigenvalue weighted by Crippen LogP contribution is 2.34. The van der Waals surface area contributed by atoms with Crippen molar-refractivity contribution in [2.24, 2.45) is 0 Å². The summed E-state index contributed by atoms with van der Waals surface area (Å²) in [6, 6.07) is 8.39. The van der Waals surface area contributed by atoms with Gasteiger partial charge >= 0.3 is 5.97 Å². The van der Waals surface area contributed by atoms with Crippen LogP contribution in [0.15, 0.2) is 36.5 Å². The molecule has 2 aromatic heterocycles. The molecule has 31 heavy (non-hydrogen) atoms. The quantitative estimate of drug-likeness (QED) is 0.389. The Kier molecular flexibility index (Phi) is 7.09. The minimum atomic E-state index is -0.596. The molecule has 8 nitrogen and oxygen atoms in total. The number of thiophene rings is 1. The highest BCUT2D eigenvalue weighted by atomic mass is 35.5. The molecule has 0 saturated heterocycles. The third-order valence-corrected chi connectivity index (χ3v) is 5.78. The number of halogens is 1. The molecular formula is C21H20ClN3O5S. The molecule has 1 N–H and O–H groups in total. The highest BCUT2D eigenvalue weighted by Gasteiger charge is 2.26. The van der Waals surface area contributed by atoms with Crippen molar-refractivity contribution in [2.75, 3.05) is 11.9 Å². The molecule has 3 aromatic rings. The molecule has 0 saturated carbocycles. The van der Waals surface area contributed by atoms with Crippen LogP contribution in [0.3, 0.4) is 0 Å². The smallest absolute Gasteiger partial charge is 0.341 e. The SMILES string of the molecule is CCOC(=O)c1c(NC(=O)c2ccn(COc3ccc(Cl)cc3)n2)sc(C(C)=O)c1C. The van der Waals surface area contributed by atoms with Crippen LogP contribution in [0.5, 0.6) is 5.75 Å². The van der Waals surface area contributed by atoms with Crippen molar-refractivity contribution < 1.29 is 23.9 Å². The Morgan fingerprint density at radius 2 is 1.90 bits per heavy atom. The molecular weight excluding hydrogens is 442 g/mol. The first-order chi connectivity index (χ1) is 14.8. The zero-order valence-corrected chi connectivity index (χ0v) is 18.7. The third-order valence-electron chi connectivity index (χ3n) is 4.22. The molecule has 3 rings (SSSR count). The van der Waals surface area contributed by atoms with E-state index in [-0.39, 0.29) is 35.4 Å². The zero-order valence-electron chi connectivity index (χ0n) is 17.1. The number of carbonyl (C=O) groups excluding carboxylic acids is 3. The molecule has 0 aliphatic heterocycles. The predicted molar refractivity (Wildman–Crippen MR) is 117 cm³/mol. The van der Waals surface area contributed by atoms with E-state index in [9.17, 15) is 14.4 Å². The number of carbonyl (C=O) groups is 3. The van der Waals surface area contributed by atoms with Gasteiger partial charge in [0.25, 0.3) is 5.91 Å². The largest absolute Gasteiger partial charge is 0.471 e. The van der Waals surface area contributed by atoms with Gasteiger partial charge < -0.3 is 14.8 Å². The van der Waals surface area contributed by atoms with Gasteiger partial charge in [0.1, 0.15) is 10.8 Å². The second-order valence-electron chi connectivity index (χ2n) is 6.46. The number of aromatic nitrogens is 2. The van der Waals surface area contributed by atoms with Gasteiger partial charge in [-0.05, 0) is 56.7 Å². The molecule has 1 aromatic carbocycles. The normalized spacial score (nSPS) is 10.6. The van der Waals surface area contributed by atoms with Crippen LogP contribution in [0.4, 0.5) is 5.00 Å². The van der Waals surface area contributed by atoms with Crippen LogP contribution in [-0.2, 0) is 11.5 Å². The minimum Gasteiger partial charge on any atom is -0.471 e. The van der Waals surface area contributed by atoms with E-state index in [0.717, 1.165) is 11.3 Å². The molecule has 0 unspecified atom stereocenters. The molecule has 0 aliphatic carbocycles. The fourth-order valence-corrected chi connectivity index (χ4v) is 3.99. The standard InChI is InChI=1S/C21H20ClN3O5S/c1-4-29-21(28)17-12(2)18(13(3)26)31-20(17)23-19(27)16-9-10-25(24-16)11-30-15-7-5-14(22)6-8-15/h5-10H,4,11H2,1-3H3,(H,23,27). The molecule has 0 aliphatic rings. The Hall–Kier alpha value is -3.17. The summed E-state index contributed by atoms with van der Waals surface area (Å²) in [6.45, 7) is 5.01. The van der Waals surface area contributed by atoms with Gasteiger partial charge in [0.05, 0.1) is 17.0 Å². The molecule has 10 heteroatoms. The van der Waals surface area contributed by atoms with Crippen molar-refractivity contribution in [3.8, 4) is 5.75 Å². The van der Waals surface area contributed by atoms with Gasteiger partial charge in [-0.2, -0.15) is 5.10 Å². The van der Waals surface area contributed by atoms with Gasteiger partial charge in [-0.3, -0.25) is 9.59 Å². The Morgan fingerprint density at radius 3 is 2.55 bits per heavy atom. The van der Waals surface area contributed by atoms with Gasteiger partial charge in [-0.15, -0.1) is 11.3 Å². The van der Waals surface area contributed by atoms with E-state index >= 15 is 0 Å². The van der Waals surface area contributed by atoms with Crippen LogP contribution in [0.2, 0.25) is 5.02 Å². The summed E-state index contributed by atoms with van der Waals surface area (Å²) in [6.07, 6.45) is 1.60. The number of rotatable bonds is 8. The second kappa shape index (κ2) is 9.76. The fourth-order valence-electron chi connectivity index (χ4n) is 2.78. The molecule has 0 fully saturated rings. The summed E-state index contributed by atoms with van der Waals surface area (Å²) < 4.78 is 12.1. The highest BCUT2D eigenvalue weighted by molar-refractivity contribution is 7.18. The molecule has 0 spiro atoms. The fraction of sp³-hybridized carbons (Fsp3) is 0.238. The predicted octanol–water partition coefficient (Wildman–Crippen LogP) is 4.57. The summed E-state index contributed by atoms with van der Waals surface area (Å²) >= 11 is 6.88. The van der Waals surface area contributed by atoms with Crippen molar-refractivity contribution in [1.82, 2.24) is 9.78 Å². The Bertz CT molecular complexity index is 1120. The number of nitrogens with one attached hydrogen (secondary N) is 1. The Balaban J connectivity index is 1.74. The van der Waals surface area contributed by atoms with Gasteiger partial charge in [-0.1, -0.05) is 11.6 Å². The van der Waals surface area contributed by atoms with Crippen LogP contribution in [-0.4, -0.2) is 34.0 Å². The van der Waals surface area contributed by atoms with E-state index in [4.69, 9.17) is 21.1 Å². The van der Waals surface area contributed by atoms with Crippen LogP contribution in [0, 0.1) is 6.92 Å². The summed E-state index contributed by atoms with van der Waals surface area (Å²) in [5, 5.41) is 7.71. The van der Waals surface area contributed by atoms with Crippen molar-refractivity contribution in [1.29, 1.82) is 0 Å². The van der Waals surface area contributed by atoms with Crippen molar-refractivity contribution in [3.63, 3.8) is 0 Å². The molecule has 2 heterocycles. The number of benzene rings is 1. The number of Topliss-reactive ketones (excluding diaryl/α,β-unsaturated/α-hetero) is 1. The Morgan fingerprint density at radius 1 is 1.19 bits per heavy atom. The second-order valence-corrected chi connectivity index (χ2v) is 7.92. The topological polar surface area (TPSA) is 99.5 Å². The maximum atomic E-state index is 12.7. The minimum absolute atomic E-state index is 0.0928.